The van der Waals surface area contributed by atoms with E-state index in [4.69, 9.17) is 15.4 Å². The number of likely N-dealkylation sites (tertiary alicyclic amines) is 1. The van der Waals surface area contributed by atoms with E-state index in [0.717, 1.165) is 11.8 Å². The Morgan fingerprint density at radius 3 is 1.36 bits per heavy atom. The van der Waals surface area contributed by atoms with Crippen molar-refractivity contribution in [1.29, 1.82) is 0 Å². The summed E-state index contributed by atoms with van der Waals surface area (Å²) >= 11 is 0. The van der Waals surface area contributed by atoms with Crippen LogP contribution in [0.3, 0.4) is 0 Å². The number of nitrogens with one attached hydrogen (secondary N) is 7. The van der Waals surface area contributed by atoms with Gasteiger partial charge in [-0.3, -0.25) is 62.1 Å². The number of primary amides is 1. The third-order valence-electron chi connectivity index (χ3n) is 12.0. The molecule has 0 saturated carbocycles. The fraction of sp³-hybridized carbons (Fsp3) is 0.717. The molecule has 78 heavy (non-hydrogen) atoms. The van der Waals surface area contributed by atoms with Crippen LogP contribution < -0.4 is 48.7 Å². The van der Waals surface area contributed by atoms with Gasteiger partial charge >= 0.3 is 31.7 Å². The van der Waals surface area contributed by atoms with Crippen LogP contribution in [-0.2, 0) is 71.4 Å². The van der Waals surface area contributed by atoms with E-state index in [-0.39, 0.29) is 38.1 Å². The topological polar surface area (TPSA) is 511 Å². The number of hydrogen-bond acceptors (Lipinski definition) is 15. The lowest BCUT2D eigenvalue weighted by Gasteiger charge is -2.31. The Morgan fingerprint density at radius 2 is 0.936 bits per heavy atom. The van der Waals surface area contributed by atoms with Gasteiger partial charge in [-0.05, 0) is 69.6 Å². The molecule has 1 heterocycles. The predicted octanol–water partition coefficient (Wildman–Crippen LogP) is -3.83. The SMILES string of the molecule is CC(C)C[C@H](NC(=O)[C@H](CCC(=O)O)NC(=O)[C@@H](NC(=O)[C@@H]([NH3+])CCC(=O)O)C(C)C)C(=O)N[C@H](C(=O)N[C@@H](CCC(N)=O)C(=O)N[C@@H](CCC(=O)O)C(=O)N[C@@H](CC(C)C)C(=O)N1CCC[C@H]1C(=O)O)[C@@H](C)OP(=O)(O)O. The summed E-state index contributed by atoms with van der Waals surface area (Å²) < 4.78 is 16.8. The Hall–Kier alpha value is -6.82. The highest BCUT2D eigenvalue weighted by atomic mass is 31.2. The number of aliphatic carboxylic acids is 4. The van der Waals surface area contributed by atoms with Crippen molar-refractivity contribution in [2.24, 2.45) is 23.5 Å². The van der Waals surface area contributed by atoms with E-state index in [2.05, 4.69) is 43.0 Å². The summed E-state index contributed by atoms with van der Waals surface area (Å²) in [5.41, 5.74) is 8.96. The van der Waals surface area contributed by atoms with Crippen LogP contribution in [0, 0.1) is 17.8 Å². The first-order valence-corrected chi connectivity index (χ1v) is 26.7. The fourth-order valence-electron chi connectivity index (χ4n) is 8.01. The number of carbonyl (C=O) groups excluding carboxylic acids is 9. The minimum Gasteiger partial charge on any atom is -0.481 e. The number of quaternary nitrogens is 1. The molecule has 1 saturated heterocycles. The molecule has 0 radical (unpaired) electrons. The molecule has 32 heteroatoms. The summed E-state index contributed by atoms with van der Waals surface area (Å²) in [6, 6.07) is -14.3. The molecule has 0 aromatic carbocycles. The molecule has 1 aliphatic rings. The van der Waals surface area contributed by atoms with Gasteiger partial charge in [0.1, 0.15) is 48.3 Å². The van der Waals surface area contributed by atoms with E-state index in [9.17, 15) is 92.0 Å². The second-order valence-electron chi connectivity index (χ2n) is 20.1. The molecule has 1 fully saturated rings. The maximum absolute atomic E-state index is 14.2. The number of nitrogens with two attached hydrogens (primary N) is 1. The molecule has 1 aliphatic heterocycles. The Bertz CT molecular complexity index is 2230. The van der Waals surface area contributed by atoms with Crippen molar-refractivity contribution in [2.75, 3.05) is 6.54 Å². The van der Waals surface area contributed by atoms with Crippen molar-refractivity contribution in [1.82, 2.24) is 42.1 Å². The van der Waals surface area contributed by atoms with Crippen LogP contribution >= 0.6 is 7.82 Å². The van der Waals surface area contributed by atoms with Gasteiger partial charge in [-0.1, -0.05) is 41.5 Å². The molecule has 9 amide bonds. The third kappa shape index (κ3) is 25.6. The Morgan fingerprint density at radius 1 is 0.551 bits per heavy atom. The van der Waals surface area contributed by atoms with E-state index >= 15 is 0 Å². The second-order valence-corrected chi connectivity index (χ2v) is 21.3. The highest BCUT2D eigenvalue weighted by Crippen LogP contribution is 2.38. The minimum absolute atomic E-state index is 0.0208. The van der Waals surface area contributed by atoms with Crippen molar-refractivity contribution < 1.29 is 107 Å². The molecule has 0 aliphatic carbocycles. The maximum atomic E-state index is 14.2. The van der Waals surface area contributed by atoms with E-state index < -0.39 is 202 Å². The summed E-state index contributed by atoms with van der Waals surface area (Å²) in [5, 5.41) is 54.1. The number of nitrogens with zero attached hydrogens (tertiary/aromatic N) is 1. The van der Waals surface area contributed by atoms with E-state index in [1.165, 1.54) is 13.8 Å². The van der Waals surface area contributed by atoms with Gasteiger partial charge < -0.3 is 83.8 Å². The lowest BCUT2D eigenvalue weighted by molar-refractivity contribution is -0.405. The average molecular weight is 1140 g/mol. The zero-order valence-electron chi connectivity index (χ0n) is 44.7. The Labute approximate surface area is 449 Å². The van der Waals surface area contributed by atoms with Crippen molar-refractivity contribution >= 4 is 84.9 Å². The van der Waals surface area contributed by atoms with Crippen LogP contribution in [0.2, 0.25) is 0 Å². The first-order valence-electron chi connectivity index (χ1n) is 25.2. The van der Waals surface area contributed by atoms with Crippen molar-refractivity contribution in [3.8, 4) is 0 Å². The Balaban J connectivity index is 3.67. The van der Waals surface area contributed by atoms with Crippen LogP contribution in [0.1, 0.15) is 126 Å². The van der Waals surface area contributed by atoms with Gasteiger partial charge in [0.05, 0.1) is 12.5 Å². The number of hydrogen-bond donors (Lipinski definition) is 15. The van der Waals surface area contributed by atoms with E-state index in [1.807, 2.05) is 0 Å². The maximum Gasteiger partial charge on any atom is 0.469 e. The van der Waals surface area contributed by atoms with Crippen LogP contribution in [0.15, 0.2) is 0 Å². The molecule has 0 spiro atoms. The lowest BCUT2D eigenvalue weighted by Crippen LogP contribution is -2.69. The predicted molar refractivity (Wildman–Crippen MR) is 268 cm³/mol. The molecular formula is C46H78N10O21P+. The number of phosphoric acid groups is 1. The van der Waals surface area contributed by atoms with Gasteiger partial charge in [0.25, 0.3) is 5.91 Å². The summed E-state index contributed by atoms with van der Waals surface area (Å²) in [5.74, 6) is -16.5. The number of rotatable bonds is 36. The number of carboxylic acids is 4. The normalized spacial score (nSPS) is 16.9. The van der Waals surface area contributed by atoms with Crippen LogP contribution in [0.25, 0.3) is 0 Å². The summed E-state index contributed by atoms with van der Waals surface area (Å²) in [4.78, 5) is 189. The van der Waals surface area contributed by atoms with Gasteiger partial charge in [0, 0.05) is 32.2 Å². The first-order chi connectivity index (χ1) is 36.0. The van der Waals surface area contributed by atoms with Gasteiger partial charge in [0.2, 0.25) is 47.3 Å². The van der Waals surface area contributed by atoms with E-state index in [1.54, 1.807) is 27.7 Å². The highest BCUT2D eigenvalue weighted by molar-refractivity contribution is 7.46. The number of carbonyl (C=O) groups is 13. The van der Waals surface area contributed by atoms with Crippen molar-refractivity contribution in [2.45, 2.75) is 186 Å². The van der Waals surface area contributed by atoms with Crippen molar-refractivity contribution in [3.05, 3.63) is 0 Å². The monoisotopic (exact) mass is 1140 g/mol. The summed E-state index contributed by atoms with van der Waals surface area (Å²) in [6.07, 6.45) is -6.31. The van der Waals surface area contributed by atoms with Crippen molar-refractivity contribution in [3.63, 3.8) is 0 Å². The standard InChI is InChI=1S/C46H77N10O21P/c1-21(2)19-29(52-40(66)28(13-17-35(62)63)50-43(69)36(23(5)6)54-38(64)25(47)10-15-33(58)59)42(68)55-37(24(7)77-78(74,75)76)44(70)51-26(11-14-32(48)57)39(65)49-27(12-16-34(60)61)41(67)53-30(20-22(3)4)45(71)56-18-8-9-31(56)46(72)73/h21-31,36-37H,8-20,47H2,1-7H3,(H2,48,57)(H,49,65)(H,50,69)(H,51,70)(H,52,66)(H,53,67)(H,54,64)(H,55,68)(H,58,59)(H,60,61)(H,62,63)(H,72,73)(H2,74,75,76)/p+1/t24-,25+,26+,27+,28+,29+,30+,31+,36+,37+/m1/s1. The smallest absolute Gasteiger partial charge is 0.469 e. The number of carboxylic acid groups (broad SMARTS) is 4. The number of phosphoric ester groups is 1. The summed E-state index contributed by atoms with van der Waals surface area (Å²) in [6.45, 7) is 10.6. The molecule has 1 rings (SSSR count). The van der Waals surface area contributed by atoms with Gasteiger partial charge in [-0.2, -0.15) is 0 Å². The number of amides is 9. The van der Waals surface area contributed by atoms with Gasteiger partial charge in [0.15, 0.2) is 6.04 Å². The molecule has 10 atom stereocenters. The molecule has 0 aromatic rings. The molecule has 18 N–H and O–H groups in total. The fourth-order valence-corrected chi connectivity index (χ4v) is 8.57. The van der Waals surface area contributed by atoms with Crippen LogP contribution in [0.5, 0.6) is 0 Å². The molecule has 0 bridgehead atoms. The quantitative estimate of drug-likeness (QED) is 0.0267. The van der Waals surface area contributed by atoms with Gasteiger partial charge in [-0.15, -0.1) is 0 Å². The van der Waals surface area contributed by atoms with Crippen LogP contribution in [0.4, 0.5) is 0 Å². The third-order valence-corrected chi connectivity index (χ3v) is 12.6. The first kappa shape index (κ1) is 69.2. The average Bonchev–Trinajstić information content (AvgIpc) is 3.81. The van der Waals surface area contributed by atoms with Gasteiger partial charge in [-0.25, -0.2) is 9.36 Å². The van der Waals surface area contributed by atoms with E-state index in [0.29, 0.717) is 6.42 Å². The summed E-state index contributed by atoms with van der Waals surface area (Å²) in [7, 11) is -5.51. The molecule has 31 nitrogen and oxygen atoms in total. The molecule has 0 unspecified atom stereocenters. The highest BCUT2D eigenvalue weighted by Gasteiger charge is 2.41. The minimum atomic E-state index is -5.51. The molecule has 442 valence electrons. The lowest BCUT2D eigenvalue weighted by atomic mass is 9.99. The molecule has 0 aromatic heterocycles. The van der Waals surface area contributed by atoms with Crippen LogP contribution in [-0.4, -0.2) is 179 Å². The largest absolute Gasteiger partial charge is 0.481 e. The second kappa shape index (κ2) is 32.8. The Kier molecular flexibility index (Phi) is 29.1. The molecular weight excluding hydrogens is 1060 g/mol. The zero-order chi connectivity index (χ0) is 59.9. The zero-order valence-corrected chi connectivity index (χ0v) is 45.6.